The second-order valence-electron chi connectivity index (χ2n) is 6.73. The van der Waals surface area contributed by atoms with Crippen molar-refractivity contribution in [2.45, 2.75) is 12.8 Å². The Morgan fingerprint density at radius 1 is 1.07 bits per heavy atom. The lowest BCUT2D eigenvalue weighted by Gasteiger charge is -2.30. The largest absolute Gasteiger partial charge is 0.481 e. The van der Waals surface area contributed by atoms with E-state index in [0.29, 0.717) is 42.7 Å². The number of carbonyl (C=O) groups excluding carboxylic acids is 2. The molecule has 0 atom stereocenters. The zero-order chi connectivity index (χ0) is 20.1. The molecule has 0 aromatic heterocycles. The lowest BCUT2D eigenvalue weighted by atomic mass is 9.97. The fourth-order valence-corrected chi connectivity index (χ4v) is 3.62. The van der Waals surface area contributed by atoms with E-state index in [1.54, 1.807) is 29.2 Å². The molecule has 1 fully saturated rings. The maximum atomic E-state index is 12.9. The lowest BCUT2D eigenvalue weighted by molar-refractivity contribution is -0.145. The minimum atomic E-state index is -0.802. The van der Waals surface area contributed by atoms with Gasteiger partial charge >= 0.3 is 5.97 Å². The molecule has 1 amide bonds. The Hall–Kier alpha value is -2.67. The number of anilines is 1. The molecular weight excluding hydrogens is 424 g/mol. The summed E-state index contributed by atoms with van der Waals surface area (Å²) in [4.78, 5) is 38.0. The fraction of sp³-hybridized carbons (Fsp3) is 0.286. The summed E-state index contributed by atoms with van der Waals surface area (Å²) in [5, 5.41) is 12.1. The molecule has 1 aliphatic heterocycles. The molecule has 0 radical (unpaired) electrons. The van der Waals surface area contributed by atoms with Gasteiger partial charge in [-0.25, -0.2) is 0 Å². The van der Waals surface area contributed by atoms with Gasteiger partial charge in [-0.1, -0.05) is 46.3 Å². The Labute approximate surface area is 171 Å². The summed E-state index contributed by atoms with van der Waals surface area (Å²) in [6, 6.07) is 14.3. The second kappa shape index (κ2) is 9.01. The number of carboxylic acid groups (broad SMARTS) is 1. The van der Waals surface area contributed by atoms with Gasteiger partial charge in [-0.05, 0) is 31.0 Å². The molecule has 1 heterocycles. The second-order valence-corrected chi connectivity index (χ2v) is 7.65. The van der Waals surface area contributed by atoms with Crippen LogP contribution in [0.1, 0.15) is 28.8 Å². The van der Waals surface area contributed by atoms with Crippen molar-refractivity contribution < 1.29 is 19.5 Å². The summed E-state index contributed by atoms with van der Waals surface area (Å²) in [5.74, 6) is -1.41. The van der Waals surface area contributed by atoms with Crippen LogP contribution in [0.5, 0.6) is 0 Å². The molecule has 1 saturated heterocycles. The molecule has 0 saturated carbocycles. The number of amides is 1. The molecule has 0 unspecified atom stereocenters. The Bertz CT molecular complexity index is 877. The van der Waals surface area contributed by atoms with Crippen LogP contribution in [-0.4, -0.2) is 47.3 Å². The van der Waals surface area contributed by atoms with Crippen molar-refractivity contribution in [1.82, 2.24) is 4.90 Å². The van der Waals surface area contributed by atoms with E-state index in [2.05, 4.69) is 21.2 Å². The van der Waals surface area contributed by atoms with Crippen molar-refractivity contribution in [2.24, 2.45) is 5.92 Å². The number of carbonyl (C=O) groups is 3. The number of rotatable bonds is 6. The molecule has 0 spiro atoms. The third-order valence-electron chi connectivity index (χ3n) is 4.89. The zero-order valence-corrected chi connectivity index (χ0v) is 16.8. The first-order chi connectivity index (χ1) is 13.5. The molecule has 6 nitrogen and oxygen atoms in total. The van der Waals surface area contributed by atoms with E-state index < -0.39 is 5.97 Å². The van der Waals surface area contributed by atoms with Crippen molar-refractivity contribution in [3.8, 4) is 0 Å². The zero-order valence-electron chi connectivity index (χ0n) is 15.2. The van der Waals surface area contributed by atoms with E-state index in [1.807, 2.05) is 24.3 Å². The summed E-state index contributed by atoms with van der Waals surface area (Å²) >= 11 is 3.39. The molecule has 3 rings (SSSR count). The van der Waals surface area contributed by atoms with E-state index in [4.69, 9.17) is 5.11 Å². The van der Waals surface area contributed by atoms with E-state index >= 15 is 0 Å². The number of nitrogens with one attached hydrogen (secondary N) is 1. The van der Waals surface area contributed by atoms with Crippen LogP contribution in [0.2, 0.25) is 0 Å². The first-order valence-electron chi connectivity index (χ1n) is 9.09. The predicted octanol–water partition coefficient (Wildman–Crippen LogP) is 3.42. The predicted molar refractivity (Wildman–Crippen MR) is 109 cm³/mol. The number of carboxylic acids is 1. The first-order valence-corrected chi connectivity index (χ1v) is 9.89. The van der Waals surface area contributed by atoms with E-state index in [0.717, 1.165) is 4.47 Å². The number of aliphatic carboxylic acids is 1. The average Bonchev–Trinajstić information content (AvgIpc) is 2.72. The van der Waals surface area contributed by atoms with Gasteiger partial charge in [0.15, 0.2) is 5.78 Å². The van der Waals surface area contributed by atoms with Crippen LogP contribution in [0.3, 0.4) is 0 Å². The minimum absolute atomic E-state index is 0.0500. The number of piperidine rings is 1. The molecule has 2 N–H and O–H groups in total. The van der Waals surface area contributed by atoms with Crippen LogP contribution in [0.4, 0.5) is 5.69 Å². The molecule has 2 aromatic rings. The third-order valence-corrected chi connectivity index (χ3v) is 5.38. The first kappa shape index (κ1) is 20.1. The van der Waals surface area contributed by atoms with Crippen LogP contribution in [0.15, 0.2) is 53.0 Å². The number of hydrogen-bond acceptors (Lipinski definition) is 4. The van der Waals surface area contributed by atoms with Gasteiger partial charge < -0.3 is 15.3 Å². The minimum Gasteiger partial charge on any atom is -0.481 e. The Morgan fingerprint density at radius 3 is 2.39 bits per heavy atom. The van der Waals surface area contributed by atoms with Crippen molar-refractivity contribution in [3.05, 3.63) is 64.1 Å². The van der Waals surface area contributed by atoms with Crippen molar-refractivity contribution in [2.75, 3.05) is 25.0 Å². The molecule has 146 valence electrons. The van der Waals surface area contributed by atoms with Gasteiger partial charge in [-0.15, -0.1) is 0 Å². The molecule has 7 heteroatoms. The highest BCUT2D eigenvalue weighted by Crippen LogP contribution is 2.24. The van der Waals surface area contributed by atoms with Crippen LogP contribution >= 0.6 is 15.9 Å². The number of halogens is 1. The quantitative estimate of drug-likeness (QED) is 0.666. The molecular formula is C21H21BrN2O4. The van der Waals surface area contributed by atoms with Gasteiger partial charge in [-0.3, -0.25) is 14.4 Å². The Kier molecular flexibility index (Phi) is 6.46. The molecule has 1 aliphatic rings. The Morgan fingerprint density at radius 2 is 1.75 bits per heavy atom. The third kappa shape index (κ3) is 4.78. The Balaban J connectivity index is 1.67. The standard InChI is InChI=1S/C21H21BrN2O4/c22-16-6-7-18(17(12-16)20(26)14-4-2-1-3-5-14)23-13-19(25)24-10-8-15(9-11-24)21(27)28/h1-7,12,15,23H,8-11,13H2,(H,27,28). The maximum Gasteiger partial charge on any atom is 0.306 e. The van der Waals surface area contributed by atoms with Crippen LogP contribution in [0, 0.1) is 5.92 Å². The lowest BCUT2D eigenvalue weighted by Crippen LogP contribution is -2.42. The molecule has 0 bridgehead atoms. The summed E-state index contributed by atoms with van der Waals surface area (Å²) in [6.07, 6.45) is 0.939. The van der Waals surface area contributed by atoms with E-state index in [9.17, 15) is 14.4 Å². The van der Waals surface area contributed by atoms with Crippen LogP contribution in [0.25, 0.3) is 0 Å². The summed E-state index contributed by atoms with van der Waals surface area (Å²) < 4.78 is 0.777. The summed E-state index contributed by atoms with van der Waals surface area (Å²) in [5.41, 5.74) is 1.65. The number of hydrogen-bond donors (Lipinski definition) is 2. The highest BCUT2D eigenvalue weighted by Gasteiger charge is 2.27. The molecule has 0 aliphatic carbocycles. The number of nitrogens with zero attached hydrogens (tertiary/aromatic N) is 1. The smallest absolute Gasteiger partial charge is 0.306 e. The van der Waals surface area contributed by atoms with E-state index in [-0.39, 0.29) is 24.2 Å². The normalized spacial score (nSPS) is 14.5. The summed E-state index contributed by atoms with van der Waals surface area (Å²) in [7, 11) is 0. The van der Waals surface area contributed by atoms with Crippen LogP contribution < -0.4 is 5.32 Å². The topological polar surface area (TPSA) is 86.7 Å². The fourth-order valence-electron chi connectivity index (χ4n) is 3.26. The van der Waals surface area contributed by atoms with Crippen molar-refractivity contribution in [3.63, 3.8) is 0 Å². The van der Waals surface area contributed by atoms with Gasteiger partial charge in [0.25, 0.3) is 0 Å². The maximum absolute atomic E-state index is 12.9. The molecule has 28 heavy (non-hydrogen) atoms. The summed E-state index contributed by atoms with van der Waals surface area (Å²) in [6.45, 7) is 0.926. The SMILES string of the molecule is O=C(c1ccccc1)c1cc(Br)ccc1NCC(=O)N1CCC(C(=O)O)CC1. The number of ketones is 1. The van der Waals surface area contributed by atoms with Gasteiger partial charge in [-0.2, -0.15) is 0 Å². The van der Waals surface area contributed by atoms with Gasteiger partial charge in [0.1, 0.15) is 0 Å². The average molecular weight is 445 g/mol. The van der Waals surface area contributed by atoms with Gasteiger partial charge in [0, 0.05) is 34.4 Å². The van der Waals surface area contributed by atoms with Crippen molar-refractivity contribution >= 4 is 39.3 Å². The monoisotopic (exact) mass is 444 g/mol. The highest BCUT2D eigenvalue weighted by molar-refractivity contribution is 9.10. The van der Waals surface area contributed by atoms with Gasteiger partial charge in [0.2, 0.25) is 5.91 Å². The van der Waals surface area contributed by atoms with E-state index in [1.165, 1.54) is 0 Å². The van der Waals surface area contributed by atoms with Crippen molar-refractivity contribution in [1.29, 1.82) is 0 Å². The van der Waals surface area contributed by atoms with Gasteiger partial charge in [0.05, 0.1) is 12.5 Å². The number of benzene rings is 2. The number of likely N-dealkylation sites (tertiary alicyclic amines) is 1. The highest BCUT2D eigenvalue weighted by atomic mass is 79.9. The van der Waals surface area contributed by atoms with Crippen LogP contribution in [-0.2, 0) is 9.59 Å². The molecule has 2 aromatic carbocycles.